The number of carbonyl (C=O) groups is 1. The lowest BCUT2D eigenvalue weighted by Crippen LogP contribution is -2.71. The molecule has 16 heteroatoms. The number of hydrogen-bond donors (Lipinski definition) is 11. The summed E-state index contributed by atoms with van der Waals surface area (Å²) in [6.45, 7) is 13.2. The molecule has 16 nitrogen and oxygen atoms in total. The number of aliphatic hydroxyl groups is 10. The monoisotopic (exact) mass is 828 g/mol. The SMILES string of the molecule is CC1(C)CC2C3=CCC4C5(C)CC(O)C(OC6OC(CO)C(O)C(O)C6O)C(C)(C)C5CCC4(C)C3(C)CC(OC3OC(CO)C(O)C(O)C3O)C2(C(=O)O)CC1O. The van der Waals surface area contributed by atoms with Gasteiger partial charge in [-0.1, -0.05) is 60.1 Å². The summed E-state index contributed by atoms with van der Waals surface area (Å²) in [7, 11) is 0. The van der Waals surface area contributed by atoms with Gasteiger partial charge in [-0.05, 0) is 89.8 Å². The van der Waals surface area contributed by atoms with Crippen LogP contribution in [0.5, 0.6) is 0 Å². The highest BCUT2D eigenvalue weighted by Crippen LogP contribution is 2.76. The highest BCUT2D eigenvalue weighted by molar-refractivity contribution is 5.78. The zero-order chi connectivity index (χ0) is 42.9. The van der Waals surface area contributed by atoms with E-state index in [1.54, 1.807) is 0 Å². The second-order valence-electron chi connectivity index (χ2n) is 21.0. The van der Waals surface area contributed by atoms with Crippen molar-refractivity contribution >= 4 is 5.97 Å². The molecule has 0 bridgehead atoms. The van der Waals surface area contributed by atoms with E-state index in [2.05, 4.69) is 26.8 Å². The summed E-state index contributed by atoms with van der Waals surface area (Å²) in [5.74, 6) is -1.82. The number of fused-ring (bicyclic) bond motifs is 7. The standard InChI is InChI=1S/C42H68O16/c1-37(2)12-19-18-8-9-24-39(5)13-20(45)33(58-35-32(52)30(50)28(48)22(17-44)56-35)38(3,4)23(39)10-11-40(24,6)41(18,7)15-26(42(19,36(53)54)14-25(37)46)57-34-31(51)29(49)27(47)21(16-43)55-34/h8,19-35,43-52H,9-17H2,1-7H3,(H,53,54). The molecule has 0 spiro atoms. The summed E-state index contributed by atoms with van der Waals surface area (Å²) < 4.78 is 24.4. The fourth-order valence-electron chi connectivity index (χ4n) is 13.9. The molecule has 21 unspecified atom stereocenters. The number of carboxylic acid groups (broad SMARTS) is 1. The van der Waals surface area contributed by atoms with Crippen LogP contribution < -0.4 is 0 Å². The molecule has 58 heavy (non-hydrogen) atoms. The van der Waals surface area contributed by atoms with Gasteiger partial charge in [0.05, 0.1) is 37.6 Å². The highest BCUT2D eigenvalue weighted by atomic mass is 16.7. The second kappa shape index (κ2) is 14.9. The average molecular weight is 829 g/mol. The van der Waals surface area contributed by atoms with Crippen molar-refractivity contribution in [1.82, 2.24) is 0 Å². The van der Waals surface area contributed by atoms with E-state index in [1.807, 2.05) is 27.7 Å². The lowest BCUT2D eigenvalue weighted by atomic mass is 9.33. The normalized spacial score (nSPS) is 54.9. The predicted molar refractivity (Wildman–Crippen MR) is 202 cm³/mol. The van der Waals surface area contributed by atoms with E-state index < -0.39 is 143 Å². The van der Waals surface area contributed by atoms with E-state index >= 15 is 0 Å². The third kappa shape index (κ3) is 6.25. The van der Waals surface area contributed by atoms with Crippen LogP contribution >= 0.6 is 0 Å². The highest BCUT2D eigenvalue weighted by Gasteiger charge is 2.73. The Morgan fingerprint density at radius 3 is 1.81 bits per heavy atom. The first-order valence-electron chi connectivity index (χ1n) is 21.1. The maximum Gasteiger partial charge on any atom is 0.313 e. The molecule has 2 saturated heterocycles. The Bertz CT molecular complexity index is 1590. The van der Waals surface area contributed by atoms with Crippen molar-refractivity contribution in [1.29, 1.82) is 0 Å². The number of rotatable bonds is 7. The third-order valence-electron chi connectivity index (χ3n) is 17.4. The van der Waals surface area contributed by atoms with Gasteiger partial charge >= 0.3 is 5.97 Å². The van der Waals surface area contributed by atoms with E-state index in [9.17, 15) is 61.0 Å². The maximum absolute atomic E-state index is 13.8. The lowest BCUT2D eigenvalue weighted by Gasteiger charge is -2.72. The van der Waals surface area contributed by atoms with Crippen molar-refractivity contribution in [3.05, 3.63) is 11.6 Å². The minimum Gasteiger partial charge on any atom is -0.481 e. The summed E-state index contributed by atoms with van der Waals surface area (Å²) in [6, 6.07) is 0. The molecule has 2 aliphatic heterocycles. The number of carboxylic acids is 1. The first kappa shape index (κ1) is 44.7. The van der Waals surface area contributed by atoms with Crippen LogP contribution in [0.25, 0.3) is 0 Å². The van der Waals surface area contributed by atoms with Crippen LogP contribution in [-0.4, -0.2) is 161 Å². The lowest BCUT2D eigenvalue weighted by molar-refractivity contribution is -0.343. The topological polar surface area (TPSA) is 277 Å². The zero-order valence-corrected chi connectivity index (χ0v) is 34.7. The van der Waals surface area contributed by atoms with Gasteiger partial charge in [0.25, 0.3) is 0 Å². The van der Waals surface area contributed by atoms with Gasteiger partial charge in [-0.15, -0.1) is 0 Å². The molecular formula is C42H68O16. The maximum atomic E-state index is 13.8. The molecule has 4 saturated carbocycles. The van der Waals surface area contributed by atoms with Crippen molar-refractivity contribution in [3.8, 4) is 0 Å². The van der Waals surface area contributed by atoms with Crippen LogP contribution in [-0.2, 0) is 23.7 Å². The average Bonchev–Trinajstić information content (AvgIpc) is 3.14. The van der Waals surface area contributed by atoms with E-state index in [0.717, 1.165) is 5.57 Å². The fraction of sp³-hybridized carbons (Fsp3) is 0.929. The molecule has 0 amide bonds. The molecule has 0 aromatic heterocycles. The van der Waals surface area contributed by atoms with Crippen LogP contribution in [0, 0.1) is 50.2 Å². The quantitative estimate of drug-likeness (QED) is 0.117. The van der Waals surface area contributed by atoms with Gasteiger partial charge in [0.1, 0.15) is 54.2 Å². The molecule has 7 rings (SSSR count). The van der Waals surface area contributed by atoms with E-state index in [1.165, 1.54) is 0 Å². The van der Waals surface area contributed by atoms with Crippen LogP contribution in [0.3, 0.4) is 0 Å². The summed E-state index contributed by atoms with van der Waals surface area (Å²) in [5, 5.41) is 119. The second-order valence-corrected chi connectivity index (χ2v) is 21.0. The van der Waals surface area contributed by atoms with Crippen molar-refractivity contribution in [2.24, 2.45) is 50.2 Å². The van der Waals surface area contributed by atoms with Gasteiger partial charge < -0.3 is 75.1 Å². The molecular weight excluding hydrogens is 760 g/mol. The number of aliphatic hydroxyl groups excluding tert-OH is 10. The summed E-state index contributed by atoms with van der Waals surface area (Å²) in [6.07, 6.45) is -14.6. The molecule has 7 aliphatic rings. The molecule has 0 radical (unpaired) electrons. The van der Waals surface area contributed by atoms with Gasteiger partial charge in [0, 0.05) is 0 Å². The Morgan fingerprint density at radius 1 is 0.724 bits per heavy atom. The van der Waals surface area contributed by atoms with Gasteiger partial charge in [0.2, 0.25) is 0 Å². The minimum atomic E-state index is -1.76. The van der Waals surface area contributed by atoms with Crippen molar-refractivity contribution in [2.75, 3.05) is 13.2 Å². The Kier molecular flexibility index (Phi) is 11.5. The van der Waals surface area contributed by atoms with Gasteiger partial charge in [-0.2, -0.15) is 0 Å². The van der Waals surface area contributed by atoms with Crippen molar-refractivity contribution < 1.29 is 79.9 Å². The molecule has 6 fully saturated rings. The summed E-state index contributed by atoms with van der Waals surface area (Å²) in [5.41, 5.74) is -3.72. The first-order chi connectivity index (χ1) is 26.9. The van der Waals surface area contributed by atoms with E-state index in [-0.39, 0.29) is 24.7 Å². The third-order valence-corrected chi connectivity index (χ3v) is 17.4. The van der Waals surface area contributed by atoms with Crippen LogP contribution in [0.1, 0.15) is 93.4 Å². The van der Waals surface area contributed by atoms with Gasteiger partial charge in [-0.3, -0.25) is 4.79 Å². The van der Waals surface area contributed by atoms with E-state index in [0.29, 0.717) is 32.1 Å². The Morgan fingerprint density at radius 2 is 1.28 bits per heavy atom. The van der Waals surface area contributed by atoms with Crippen molar-refractivity contribution in [2.45, 2.75) is 179 Å². The molecule has 11 N–H and O–H groups in total. The van der Waals surface area contributed by atoms with Crippen LogP contribution in [0.15, 0.2) is 11.6 Å². The molecule has 2 heterocycles. The Labute approximate surface area is 339 Å². The van der Waals surface area contributed by atoms with E-state index in [4.69, 9.17) is 18.9 Å². The molecule has 0 aromatic rings. The number of ether oxygens (including phenoxy) is 4. The Balaban J connectivity index is 1.26. The van der Waals surface area contributed by atoms with Crippen molar-refractivity contribution in [3.63, 3.8) is 0 Å². The predicted octanol–water partition coefficient (Wildman–Crippen LogP) is -0.206. The molecule has 5 aliphatic carbocycles. The molecule has 21 atom stereocenters. The van der Waals surface area contributed by atoms with Crippen LogP contribution in [0.2, 0.25) is 0 Å². The number of allylic oxidation sites excluding steroid dienone is 2. The minimum absolute atomic E-state index is 0.0264. The fourth-order valence-corrected chi connectivity index (χ4v) is 13.9. The summed E-state index contributed by atoms with van der Waals surface area (Å²) in [4.78, 5) is 13.8. The van der Waals surface area contributed by atoms with Gasteiger partial charge in [-0.25, -0.2) is 0 Å². The summed E-state index contributed by atoms with van der Waals surface area (Å²) >= 11 is 0. The molecule has 332 valence electrons. The number of hydrogen-bond acceptors (Lipinski definition) is 15. The number of aliphatic carboxylic acids is 1. The Hall–Kier alpha value is -1.35. The van der Waals surface area contributed by atoms with Gasteiger partial charge in [0.15, 0.2) is 12.6 Å². The first-order valence-corrected chi connectivity index (χ1v) is 21.1. The molecule has 0 aromatic carbocycles. The largest absolute Gasteiger partial charge is 0.481 e. The van der Waals surface area contributed by atoms with Crippen LogP contribution in [0.4, 0.5) is 0 Å². The zero-order valence-electron chi connectivity index (χ0n) is 34.7. The smallest absolute Gasteiger partial charge is 0.313 e.